The molecule has 108 valence electrons. The van der Waals surface area contributed by atoms with E-state index in [1.54, 1.807) is 10.9 Å². The zero-order valence-electron chi connectivity index (χ0n) is 11.9. The fraction of sp³-hybridized carbons (Fsp3) is 0.692. The number of carbonyl (C=O) groups is 1. The Bertz CT molecular complexity index is 436. The largest absolute Gasteiger partial charge is 0.347 e. The Hall–Kier alpha value is -1.07. The monoisotopic (exact) mass is 286 g/mol. The third-order valence-corrected chi connectivity index (χ3v) is 3.77. The summed E-state index contributed by atoms with van der Waals surface area (Å²) in [4.78, 5) is 12.2. The maximum atomic E-state index is 12.2. The molecule has 6 heteroatoms. The number of nitrogens with zero attached hydrogens (tertiary/aromatic N) is 2. The summed E-state index contributed by atoms with van der Waals surface area (Å²) < 4.78 is 1.68. The number of halogens is 1. The molecule has 2 N–H and O–H groups in total. The van der Waals surface area contributed by atoms with Gasteiger partial charge in [-0.25, -0.2) is 0 Å². The molecular weight excluding hydrogens is 264 g/mol. The van der Waals surface area contributed by atoms with Crippen LogP contribution in [0.3, 0.4) is 0 Å². The molecule has 1 aromatic rings. The van der Waals surface area contributed by atoms with Crippen molar-refractivity contribution in [3.63, 3.8) is 0 Å². The molecule has 2 rings (SSSR count). The number of carbonyl (C=O) groups excluding carboxylic acids is 1. The Morgan fingerprint density at radius 3 is 2.74 bits per heavy atom. The number of piperidine rings is 1. The quantitative estimate of drug-likeness (QED) is 0.861. The molecule has 1 aliphatic heterocycles. The normalized spacial score (nSPS) is 26.6. The number of hydrogen-bond acceptors (Lipinski definition) is 3. The summed E-state index contributed by atoms with van der Waals surface area (Å²) in [7, 11) is 1.83. The van der Waals surface area contributed by atoms with Crippen molar-refractivity contribution in [2.75, 3.05) is 6.54 Å². The van der Waals surface area contributed by atoms with Crippen molar-refractivity contribution in [2.45, 2.75) is 39.3 Å². The fourth-order valence-corrected chi connectivity index (χ4v) is 2.66. The molecule has 0 bridgehead atoms. The first-order valence-corrected chi connectivity index (χ1v) is 6.53. The van der Waals surface area contributed by atoms with Crippen LogP contribution < -0.4 is 10.6 Å². The van der Waals surface area contributed by atoms with Gasteiger partial charge in [0.05, 0.1) is 11.3 Å². The molecule has 0 saturated carbocycles. The van der Waals surface area contributed by atoms with E-state index in [-0.39, 0.29) is 24.4 Å². The van der Waals surface area contributed by atoms with E-state index in [0.29, 0.717) is 17.5 Å². The number of aryl methyl sites for hydroxylation is 2. The second-order valence-corrected chi connectivity index (χ2v) is 5.31. The van der Waals surface area contributed by atoms with Gasteiger partial charge in [0.15, 0.2) is 0 Å². The van der Waals surface area contributed by atoms with Crippen LogP contribution in [0.5, 0.6) is 0 Å². The van der Waals surface area contributed by atoms with Crippen LogP contribution in [0.2, 0.25) is 0 Å². The van der Waals surface area contributed by atoms with Gasteiger partial charge in [0.25, 0.3) is 5.91 Å². The predicted octanol–water partition coefficient (Wildman–Crippen LogP) is 1.27. The molecule has 1 aliphatic rings. The zero-order chi connectivity index (χ0) is 13.3. The van der Waals surface area contributed by atoms with Crippen molar-refractivity contribution in [2.24, 2.45) is 13.0 Å². The van der Waals surface area contributed by atoms with Crippen LogP contribution in [0, 0.1) is 12.8 Å². The SMILES string of the molecule is Cc1nn(C)cc1C(=O)NC1C(C)CCNC1C.Cl. The topological polar surface area (TPSA) is 59.0 Å². The molecule has 3 unspecified atom stereocenters. The van der Waals surface area contributed by atoms with Crippen molar-refractivity contribution in [3.05, 3.63) is 17.5 Å². The minimum absolute atomic E-state index is 0. The smallest absolute Gasteiger partial charge is 0.255 e. The van der Waals surface area contributed by atoms with Crippen molar-refractivity contribution in [1.29, 1.82) is 0 Å². The van der Waals surface area contributed by atoms with E-state index in [4.69, 9.17) is 0 Å². The van der Waals surface area contributed by atoms with Crippen LogP contribution in [0.1, 0.15) is 36.3 Å². The average molecular weight is 287 g/mol. The number of rotatable bonds is 2. The Labute approximate surface area is 120 Å². The average Bonchev–Trinajstić information content (AvgIpc) is 2.63. The molecular formula is C13H23ClN4O. The van der Waals surface area contributed by atoms with E-state index in [1.165, 1.54) is 0 Å². The van der Waals surface area contributed by atoms with Gasteiger partial charge in [-0.05, 0) is 32.7 Å². The number of nitrogens with one attached hydrogen (secondary N) is 2. The first-order valence-electron chi connectivity index (χ1n) is 6.53. The van der Waals surface area contributed by atoms with Crippen LogP contribution in [-0.2, 0) is 7.05 Å². The van der Waals surface area contributed by atoms with Gasteiger partial charge in [0.2, 0.25) is 0 Å². The lowest BCUT2D eigenvalue weighted by Crippen LogP contribution is -2.55. The molecule has 1 amide bonds. The highest BCUT2D eigenvalue weighted by molar-refractivity contribution is 5.95. The fourth-order valence-electron chi connectivity index (χ4n) is 2.66. The van der Waals surface area contributed by atoms with Gasteiger partial charge in [-0.2, -0.15) is 5.10 Å². The van der Waals surface area contributed by atoms with Crippen molar-refractivity contribution in [3.8, 4) is 0 Å². The number of hydrogen-bond donors (Lipinski definition) is 2. The summed E-state index contributed by atoms with van der Waals surface area (Å²) in [5.74, 6) is 0.482. The highest BCUT2D eigenvalue weighted by atomic mass is 35.5. The molecule has 1 fully saturated rings. The first kappa shape index (κ1) is 16.0. The van der Waals surface area contributed by atoms with Gasteiger partial charge in [-0.1, -0.05) is 6.92 Å². The van der Waals surface area contributed by atoms with Crippen LogP contribution in [-0.4, -0.2) is 34.3 Å². The molecule has 0 aromatic carbocycles. The van der Waals surface area contributed by atoms with E-state index in [0.717, 1.165) is 18.7 Å². The molecule has 0 radical (unpaired) electrons. The molecule has 1 saturated heterocycles. The summed E-state index contributed by atoms with van der Waals surface area (Å²) in [6.45, 7) is 7.20. The maximum absolute atomic E-state index is 12.2. The minimum atomic E-state index is -0.0204. The van der Waals surface area contributed by atoms with E-state index < -0.39 is 0 Å². The lowest BCUT2D eigenvalue weighted by atomic mass is 9.89. The first-order chi connectivity index (χ1) is 8.49. The van der Waals surface area contributed by atoms with Gasteiger partial charge in [0.1, 0.15) is 0 Å². The predicted molar refractivity (Wildman–Crippen MR) is 77.7 cm³/mol. The second-order valence-electron chi connectivity index (χ2n) is 5.31. The molecule has 0 aliphatic carbocycles. The zero-order valence-corrected chi connectivity index (χ0v) is 12.8. The molecule has 5 nitrogen and oxygen atoms in total. The number of amides is 1. The minimum Gasteiger partial charge on any atom is -0.347 e. The van der Waals surface area contributed by atoms with Gasteiger partial charge < -0.3 is 10.6 Å². The third-order valence-electron chi connectivity index (χ3n) is 3.77. The highest BCUT2D eigenvalue weighted by Gasteiger charge is 2.29. The summed E-state index contributed by atoms with van der Waals surface area (Å²) in [6.07, 6.45) is 2.87. The Morgan fingerprint density at radius 1 is 1.53 bits per heavy atom. The van der Waals surface area contributed by atoms with Crippen molar-refractivity contribution in [1.82, 2.24) is 20.4 Å². The number of aromatic nitrogens is 2. The highest BCUT2D eigenvalue weighted by Crippen LogP contribution is 2.17. The van der Waals surface area contributed by atoms with E-state index in [1.807, 2.05) is 14.0 Å². The maximum Gasteiger partial charge on any atom is 0.255 e. The Kier molecular flexibility index (Phi) is 5.38. The van der Waals surface area contributed by atoms with E-state index in [9.17, 15) is 4.79 Å². The second kappa shape index (κ2) is 6.39. The standard InChI is InChI=1S/C13H22N4O.ClH/c1-8-5-6-14-10(3)12(8)15-13(18)11-7-17(4)16-9(11)2;/h7-8,10,12,14H,5-6H2,1-4H3,(H,15,18);1H. The van der Waals surface area contributed by atoms with Crippen molar-refractivity contribution >= 4 is 18.3 Å². The van der Waals surface area contributed by atoms with Crippen LogP contribution in [0.15, 0.2) is 6.20 Å². The summed E-state index contributed by atoms with van der Waals surface area (Å²) >= 11 is 0. The van der Waals surface area contributed by atoms with Crippen molar-refractivity contribution < 1.29 is 4.79 Å². The van der Waals surface area contributed by atoms with Crippen LogP contribution in [0.4, 0.5) is 0 Å². The van der Waals surface area contributed by atoms with E-state index in [2.05, 4.69) is 29.6 Å². The molecule has 0 spiro atoms. The Morgan fingerprint density at radius 2 is 2.21 bits per heavy atom. The molecule has 19 heavy (non-hydrogen) atoms. The summed E-state index contributed by atoms with van der Waals surface area (Å²) in [6, 6.07) is 0.500. The lowest BCUT2D eigenvalue weighted by molar-refractivity contribution is 0.0897. The lowest BCUT2D eigenvalue weighted by Gasteiger charge is -2.35. The van der Waals surface area contributed by atoms with Gasteiger partial charge >= 0.3 is 0 Å². The summed E-state index contributed by atoms with van der Waals surface area (Å²) in [5.41, 5.74) is 1.45. The van der Waals surface area contributed by atoms with Gasteiger partial charge in [-0.3, -0.25) is 9.48 Å². The summed E-state index contributed by atoms with van der Waals surface area (Å²) in [5, 5.41) is 10.7. The molecule has 3 atom stereocenters. The van der Waals surface area contributed by atoms with Gasteiger partial charge in [-0.15, -0.1) is 12.4 Å². The van der Waals surface area contributed by atoms with Gasteiger partial charge in [0, 0.05) is 25.3 Å². The third kappa shape index (κ3) is 3.48. The van der Waals surface area contributed by atoms with Crippen LogP contribution in [0.25, 0.3) is 0 Å². The molecule has 2 heterocycles. The van der Waals surface area contributed by atoms with E-state index >= 15 is 0 Å². The van der Waals surface area contributed by atoms with Crippen LogP contribution >= 0.6 is 12.4 Å². The Balaban J connectivity index is 0.00000180. The molecule has 1 aromatic heterocycles.